The molecule has 0 unspecified atom stereocenters. The average molecular weight is 244 g/mol. The lowest BCUT2D eigenvalue weighted by atomic mass is 10.2. The number of benzene rings is 1. The van der Waals surface area contributed by atoms with Crippen LogP contribution in [0.2, 0.25) is 0 Å². The van der Waals surface area contributed by atoms with E-state index in [4.69, 9.17) is 5.73 Å². The summed E-state index contributed by atoms with van der Waals surface area (Å²) in [6, 6.07) is 8.29. The van der Waals surface area contributed by atoms with E-state index in [-0.39, 0.29) is 0 Å². The van der Waals surface area contributed by atoms with Gasteiger partial charge in [0.05, 0.1) is 12.2 Å². The molecule has 2 heterocycles. The Balaban J connectivity index is 1.86. The summed E-state index contributed by atoms with van der Waals surface area (Å²) in [5.74, 6) is 0.670. The minimum atomic E-state index is 0.334. The summed E-state index contributed by atoms with van der Waals surface area (Å²) in [5.41, 5.74) is 7.80. The Hall–Kier alpha value is -1.95. The van der Waals surface area contributed by atoms with E-state index in [2.05, 4.69) is 32.6 Å². The third kappa shape index (κ3) is 1.95. The van der Waals surface area contributed by atoms with Gasteiger partial charge in [-0.05, 0) is 47.5 Å². The molecule has 1 aromatic carbocycles. The molecule has 0 radical (unpaired) electrons. The first-order chi connectivity index (χ1) is 8.88. The molecule has 18 heavy (non-hydrogen) atoms. The molecule has 1 aromatic heterocycles. The summed E-state index contributed by atoms with van der Waals surface area (Å²) >= 11 is 0. The van der Waals surface area contributed by atoms with Crippen LogP contribution in [0.25, 0.3) is 5.69 Å². The van der Waals surface area contributed by atoms with Gasteiger partial charge in [0.2, 0.25) is 0 Å². The Kier molecular flexibility index (Phi) is 2.93. The zero-order valence-electron chi connectivity index (χ0n) is 10.2. The molecule has 2 aromatic rings. The highest BCUT2D eigenvalue weighted by molar-refractivity contribution is 5.51. The van der Waals surface area contributed by atoms with Gasteiger partial charge in [-0.25, -0.2) is 0 Å². The number of rotatable bonds is 3. The predicted molar refractivity (Wildman–Crippen MR) is 68.5 cm³/mol. The van der Waals surface area contributed by atoms with E-state index in [1.807, 2.05) is 12.1 Å². The number of hydrogen-bond donors (Lipinski definition) is 1. The molecule has 1 aliphatic heterocycles. The average Bonchev–Trinajstić information content (AvgIpc) is 3.10. The van der Waals surface area contributed by atoms with Gasteiger partial charge in [-0.3, -0.25) is 0 Å². The van der Waals surface area contributed by atoms with Crippen LogP contribution in [-0.4, -0.2) is 33.3 Å². The van der Waals surface area contributed by atoms with Crippen LogP contribution in [0.3, 0.4) is 0 Å². The summed E-state index contributed by atoms with van der Waals surface area (Å²) in [5, 5.41) is 11.5. The van der Waals surface area contributed by atoms with Crippen molar-refractivity contribution in [3.8, 4) is 5.69 Å². The van der Waals surface area contributed by atoms with Crippen LogP contribution < -0.4 is 10.6 Å². The van der Waals surface area contributed by atoms with Gasteiger partial charge in [-0.2, -0.15) is 4.68 Å². The van der Waals surface area contributed by atoms with Crippen molar-refractivity contribution in [2.24, 2.45) is 5.73 Å². The summed E-state index contributed by atoms with van der Waals surface area (Å²) in [7, 11) is 0. The molecule has 94 valence electrons. The van der Waals surface area contributed by atoms with Crippen molar-refractivity contribution in [2.75, 3.05) is 18.0 Å². The number of tetrazole rings is 1. The van der Waals surface area contributed by atoms with Gasteiger partial charge in [0.1, 0.15) is 0 Å². The van der Waals surface area contributed by atoms with Gasteiger partial charge < -0.3 is 10.6 Å². The fourth-order valence-electron chi connectivity index (χ4n) is 2.31. The minimum absolute atomic E-state index is 0.334. The van der Waals surface area contributed by atoms with Crippen molar-refractivity contribution < 1.29 is 0 Å². The van der Waals surface area contributed by atoms with Crippen LogP contribution in [0.15, 0.2) is 24.3 Å². The molecule has 1 aliphatic rings. The minimum Gasteiger partial charge on any atom is -0.372 e. The number of nitrogens with two attached hydrogens (primary N) is 1. The molecule has 2 N–H and O–H groups in total. The van der Waals surface area contributed by atoms with E-state index < -0.39 is 0 Å². The van der Waals surface area contributed by atoms with Gasteiger partial charge in [0, 0.05) is 18.8 Å². The maximum atomic E-state index is 5.59. The lowest BCUT2D eigenvalue weighted by molar-refractivity contribution is 0.761. The maximum absolute atomic E-state index is 5.59. The maximum Gasteiger partial charge on any atom is 0.170 e. The van der Waals surface area contributed by atoms with Crippen molar-refractivity contribution in [3.05, 3.63) is 30.1 Å². The number of aromatic nitrogens is 4. The lowest BCUT2D eigenvalue weighted by Gasteiger charge is -2.17. The van der Waals surface area contributed by atoms with E-state index in [9.17, 15) is 0 Å². The summed E-state index contributed by atoms with van der Waals surface area (Å²) < 4.78 is 1.67. The van der Waals surface area contributed by atoms with E-state index in [0.29, 0.717) is 12.4 Å². The van der Waals surface area contributed by atoms with E-state index in [0.717, 1.165) is 18.8 Å². The highest BCUT2D eigenvalue weighted by atomic mass is 15.5. The van der Waals surface area contributed by atoms with Crippen LogP contribution >= 0.6 is 0 Å². The first-order valence-electron chi connectivity index (χ1n) is 6.21. The fourth-order valence-corrected chi connectivity index (χ4v) is 2.31. The summed E-state index contributed by atoms with van der Waals surface area (Å²) in [4.78, 5) is 2.40. The molecule has 0 spiro atoms. The summed E-state index contributed by atoms with van der Waals surface area (Å²) in [6.07, 6.45) is 2.57. The molecule has 6 heteroatoms. The zero-order valence-corrected chi connectivity index (χ0v) is 10.2. The van der Waals surface area contributed by atoms with Gasteiger partial charge in [0.25, 0.3) is 0 Å². The molecule has 3 rings (SSSR count). The smallest absolute Gasteiger partial charge is 0.170 e. The predicted octanol–water partition coefficient (Wildman–Crippen LogP) is 0.721. The molecule has 0 aliphatic carbocycles. The van der Waals surface area contributed by atoms with Crippen molar-refractivity contribution >= 4 is 5.69 Å². The molecule has 0 amide bonds. The van der Waals surface area contributed by atoms with E-state index in [1.54, 1.807) is 4.68 Å². The first-order valence-corrected chi connectivity index (χ1v) is 6.21. The van der Waals surface area contributed by atoms with Gasteiger partial charge in [0.15, 0.2) is 5.82 Å². The van der Waals surface area contributed by atoms with Gasteiger partial charge in [-0.15, -0.1) is 5.10 Å². The third-order valence-electron chi connectivity index (χ3n) is 3.28. The molecular formula is C12H16N6. The van der Waals surface area contributed by atoms with Gasteiger partial charge in [-0.1, -0.05) is 0 Å². The van der Waals surface area contributed by atoms with Crippen molar-refractivity contribution in [3.63, 3.8) is 0 Å². The number of hydrogen-bond acceptors (Lipinski definition) is 5. The Morgan fingerprint density at radius 2 is 1.72 bits per heavy atom. The van der Waals surface area contributed by atoms with Crippen LogP contribution in [0.5, 0.6) is 0 Å². The van der Waals surface area contributed by atoms with Crippen LogP contribution in [0.4, 0.5) is 5.69 Å². The molecule has 0 atom stereocenters. The van der Waals surface area contributed by atoms with E-state index in [1.165, 1.54) is 18.5 Å². The Labute approximate surface area is 105 Å². The molecule has 1 saturated heterocycles. The molecule has 1 fully saturated rings. The van der Waals surface area contributed by atoms with Crippen LogP contribution in [0, 0.1) is 0 Å². The Morgan fingerprint density at radius 1 is 1.06 bits per heavy atom. The van der Waals surface area contributed by atoms with Gasteiger partial charge >= 0.3 is 0 Å². The van der Waals surface area contributed by atoms with E-state index >= 15 is 0 Å². The molecular weight excluding hydrogens is 228 g/mol. The Morgan fingerprint density at radius 3 is 2.39 bits per heavy atom. The van der Waals surface area contributed by atoms with Crippen LogP contribution in [0.1, 0.15) is 18.7 Å². The second-order valence-electron chi connectivity index (χ2n) is 4.42. The lowest BCUT2D eigenvalue weighted by Crippen LogP contribution is -2.17. The number of nitrogens with zero attached hydrogens (tertiary/aromatic N) is 5. The van der Waals surface area contributed by atoms with Crippen LogP contribution in [-0.2, 0) is 6.54 Å². The fraction of sp³-hybridized carbons (Fsp3) is 0.417. The zero-order chi connectivity index (χ0) is 12.4. The molecule has 0 bridgehead atoms. The molecule has 0 saturated carbocycles. The monoisotopic (exact) mass is 244 g/mol. The first kappa shape index (κ1) is 11.2. The third-order valence-corrected chi connectivity index (χ3v) is 3.28. The second-order valence-corrected chi connectivity index (χ2v) is 4.42. The SMILES string of the molecule is NCc1nnnn1-c1ccc(N2CCCC2)cc1. The second kappa shape index (κ2) is 4.73. The molecule has 6 nitrogen and oxygen atoms in total. The van der Waals surface area contributed by atoms with Crippen molar-refractivity contribution in [1.82, 2.24) is 20.2 Å². The standard InChI is InChI=1S/C12H16N6/c13-9-12-14-15-16-18(12)11-5-3-10(4-6-11)17-7-1-2-8-17/h3-6H,1-2,7-9,13H2. The largest absolute Gasteiger partial charge is 0.372 e. The van der Waals surface area contributed by atoms with Crippen molar-refractivity contribution in [2.45, 2.75) is 19.4 Å². The van der Waals surface area contributed by atoms with Crippen molar-refractivity contribution in [1.29, 1.82) is 0 Å². The summed E-state index contributed by atoms with van der Waals surface area (Å²) in [6.45, 7) is 2.64. The quantitative estimate of drug-likeness (QED) is 0.861. The highest BCUT2D eigenvalue weighted by Gasteiger charge is 2.12. The number of anilines is 1. The topological polar surface area (TPSA) is 72.9 Å². The highest BCUT2D eigenvalue weighted by Crippen LogP contribution is 2.21. The Bertz CT molecular complexity index is 512. The normalized spacial score (nSPS) is 15.3.